The minimum absolute atomic E-state index is 0.0864. The fourth-order valence-corrected chi connectivity index (χ4v) is 3.56. The molecule has 0 fully saturated rings. The zero-order valence-electron chi connectivity index (χ0n) is 12.4. The van der Waals surface area contributed by atoms with E-state index in [9.17, 15) is 4.79 Å². The lowest BCUT2D eigenvalue weighted by molar-refractivity contribution is 0.0957. The monoisotopic (exact) mass is 325 g/mol. The van der Waals surface area contributed by atoms with Crippen LogP contribution in [0.5, 0.6) is 5.75 Å². The average Bonchev–Trinajstić information content (AvgIpc) is 2.83. The zero-order valence-corrected chi connectivity index (χ0v) is 13.9. The lowest BCUT2D eigenvalue weighted by atomic mass is 10.2. The molecular weight excluding hydrogens is 306 g/mol. The summed E-state index contributed by atoms with van der Waals surface area (Å²) in [5.74, 6) is 0.658. The molecule has 0 unspecified atom stereocenters. The predicted molar refractivity (Wildman–Crippen MR) is 89.9 cm³/mol. The van der Waals surface area contributed by atoms with Gasteiger partial charge >= 0.3 is 0 Å². The van der Waals surface area contributed by atoms with Crippen LogP contribution in [-0.2, 0) is 0 Å². The number of methoxy groups -OCH3 is 1. The van der Waals surface area contributed by atoms with Crippen molar-refractivity contribution in [3.63, 3.8) is 0 Å². The fourth-order valence-electron chi connectivity index (χ4n) is 2.15. The third-order valence-electron chi connectivity index (χ3n) is 3.36. The highest BCUT2D eigenvalue weighted by Gasteiger charge is 2.17. The van der Waals surface area contributed by atoms with Gasteiger partial charge in [0.25, 0.3) is 5.91 Å². The van der Waals surface area contributed by atoms with Crippen molar-refractivity contribution < 1.29 is 9.53 Å². The second-order valence-electron chi connectivity index (χ2n) is 4.92. The molecule has 0 aliphatic carbocycles. The quantitative estimate of drug-likeness (QED) is 0.737. The number of thiophene rings is 1. The Morgan fingerprint density at radius 3 is 2.86 bits per heavy atom. The molecule has 0 radical (unpaired) electrons. The lowest BCUT2D eigenvalue weighted by Crippen LogP contribution is -2.23. The number of unbranched alkanes of at least 4 members (excludes halogenated alkanes) is 3. The molecule has 1 aromatic carbocycles. The van der Waals surface area contributed by atoms with Crippen molar-refractivity contribution in [3.05, 3.63) is 28.1 Å². The molecule has 2 aromatic rings. The van der Waals surface area contributed by atoms with Crippen LogP contribution in [0, 0.1) is 0 Å². The number of hydrogen-bond acceptors (Lipinski definition) is 3. The summed E-state index contributed by atoms with van der Waals surface area (Å²) in [6, 6.07) is 5.68. The maximum atomic E-state index is 12.2. The van der Waals surface area contributed by atoms with E-state index in [1.54, 1.807) is 7.11 Å². The third kappa shape index (κ3) is 3.89. The molecule has 5 heteroatoms. The first-order chi connectivity index (χ1) is 10.2. The molecular formula is C16H20ClNO2S. The van der Waals surface area contributed by atoms with Gasteiger partial charge in [0.2, 0.25) is 0 Å². The number of benzene rings is 1. The third-order valence-corrected chi connectivity index (χ3v) is 5.03. The molecule has 1 heterocycles. The molecule has 2 rings (SSSR count). The van der Waals surface area contributed by atoms with Crippen LogP contribution in [0.15, 0.2) is 18.2 Å². The molecule has 1 amide bonds. The SMILES string of the molecule is CCCCCCNC(=O)c1sc2ccc(OC)cc2c1Cl. The Balaban J connectivity index is 2.07. The molecule has 1 N–H and O–H groups in total. The van der Waals surface area contributed by atoms with E-state index >= 15 is 0 Å². The van der Waals surface area contributed by atoms with E-state index in [0.717, 1.165) is 28.7 Å². The zero-order chi connectivity index (χ0) is 15.2. The van der Waals surface area contributed by atoms with Gasteiger partial charge in [-0.2, -0.15) is 0 Å². The number of carbonyl (C=O) groups is 1. The Morgan fingerprint density at radius 2 is 2.14 bits per heavy atom. The number of fused-ring (bicyclic) bond motifs is 1. The van der Waals surface area contributed by atoms with Gasteiger partial charge in [0.1, 0.15) is 10.6 Å². The summed E-state index contributed by atoms with van der Waals surface area (Å²) in [7, 11) is 1.62. The van der Waals surface area contributed by atoms with Gasteiger partial charge in [0.05, 0.1) is 12.1 Å². The van der Waals surface area contributed by atoms with Crippen LogP contribution in [0.25, 0.3) is 10.1 Å². The second-order valence-corrected chi connectivity index (χ2v) is 6.35. The van der Waals surface area contributed by atoms with E-state index < -0.39 is 0 Å². The van der Waals surface area contributed by atoms with Gasteiger partial charge in [0.15, 0.2) is 0 Å². The second kappa shape index (κ2) is 7.66. The maximum absolute atomic E-state index is 12.2. The van der Waals surface area contributed by atoms with Gasteiger partial charge < -0.3 is 10.1 Å². The molecule has 0 atom stereocenters. The van der Waals surface area contributed by atoms with Crippen LogP contribution in [0.4, 0.5) is 0 Å². The van der Waals surface area contributed by atoms with Gasteiger partial charge in [0, 0.05) is 16.6 Å². The number of amides is 1. The van der Waals surface area contributed by atoms with Crippen LogP contribution in [0.3, 0.4) is 0 Å². The Labute approximate surface area is 134 Å². The molecule has 21 heavy (non-hydrogen) atoms. The molecule has 1 aromatic heterocycles. The topological polar surface area (TPSA) is 38.3 Å². The highest BCUT2D eigenvalue weighted by Crippen LogP contribution is 2.37. The van der Waals surface area contributed by atoms with Crippen molar-refractivity contribution in [3.8, 4) is 5.75 Å². The van der Waals surface area contributed by atoms with Gasteiger partial charge in [-0.15, -0.1) is 11.3 Å². The number of nitrogens with one attached hydrogen (secondary N) is 1. The van der Waals surface area contributed by atoms with E-state index in [4.69, 9.17) is 16.3 Å². The molecule has 0 bridgehead atoms. The number of rotatable bonds is 7. The highest BCUT2D eigenvalue weighted by atomic mass is 35.5. The molecule has 0 spiro atoms. The van der Waals surface area contributed by atoms with Crippen molar-refractivity contribution in [2.75, 3.05) is 13.7 Å². The predicted octanol–water partition coefficient (Wildman–Crippen LogP) is 4.87. The van der Waals surface area contributed by atoms with Crippen molar-refractivity contribution in [1.29, 1.82) is 0 Å². The summed E-state index contributed by atoms with van der Waals surface area (Å²) < 4.78 is 6.19. The van der Waals surface area contributed by atoms with E-state index in [1.165, 1.54) is 24.2 Å². The van der Waals surface area contributed by atoms with Crippen molar-refractivity contribution in [1.82, 2.24) is 5.32 Å². The van der Waals surface area contributed by atoms with Crippen LogP contribution in [-0.4, -0.2) is 19.6 Å². The van der Waals surface area contributed by atoms with Gasteiger partial charge in [-0.1, -0.05) is 37.8 Å². The van der Waals surface area contributed by atoms with Crippen LogP contribution < -0.4 is 10.1 Å². The van der Waals surface area contributed by atoms with Crippen molar-refractivity contribution in [2.24, 2.45) is 0 Å². The molecule has 0 saturated heterocycles. The normalized spacial score (nSPS) is 10.8. The summed E-state index contributed by atoms with van der Waals surface area (Å²) in [6.45, 7) is 2.87. The van der Waals surface area contributed by atoms with Crippen molar-refractivity contribution in [2.45, 2.75) is 32.6 Å². The Hall–Kier alpha value is -1.26. The highest BCUT2D eigenvalue weighted by molar-refractivity contribution is 7.21. The molecule has 0 aliphatic heterocycles. The lowest BCUT2D eigenvalue weighted by Gasteiger charge is -2.03. The first-order valence-corrected chi connectivity index (χ1v) is 8.41. The number of carbonyl (C=O) groups excluding carboxylic acids is 1. The minimum Gasteiger partial charge on any atom is -0.497 e. The molecule has 114 valence electrons. The van der Waals surface area contributed by atoms with Crippen LogP contribution in [0.1, 0.15) is 42.3 Å². The molecule has 0 aliphatic rings. The summed E-state index contributed by atoms with van der Waals surface area (Å²) in [4.78, 5) is 12.8. The summed E-state index contributed by atoms with van der Waals surface area (Å²) >= 11 is 7.76. The summed E-state index contributed by atoms with van der Waals surface area (Å²) in [5.41, 5.74) is 0. The average molecular weight is 326 g/mol. The Bertz CT molecular complexity index is 624. The molecule has 0 saturated carbocycles. The number of ether oxygens (including phenoxy) is 1. The first-order valence-electron chi connectivity index (χ1n) is 7.21. The van der Waals surface area contributed by atoms with E-state index in [1.807, 2.05) is 18.2 Å². The summed E-state index contributed by atoms with van der Waals surface area (Å²) in [6.07, 6.45) is 4.56. The minimum atomic E-state index is -0.0864. The van der Waals surface area contributed by atoms with Crippen LogP contribution >= 0.6 is 22.9 Å². The van der Waals surface area contributed by atoms with Crippen LogP contribution in [0.2, 0.25) is 5.02 Å². The summed E-state index contributed by atoms with van der Waals surface area (Å²) in [5, 5.41) is 4.33. The first kappa shape index (κ1) is 16.1. The van der Waals surface area contributed by atoms with E-state index in [-0.39, 0.29) is 5.91 Å². The van der Waals surface area contributed by atoms with Crippen molar-refractivity contribution >= 4 is 38.9 Å². The maximum Gasteiger partial charge on any atom is 0.262 e. The fraction of sp³-hybridized carbons (Fsp3) is 0.438. The molecule has 3 nitrogen and oxygen atoms in total. The van der Waals surface area contributed by atoms with Gasteiger partial charge in [-0.05, 0) is 24.6 Å². The standard InChI is InChI=1S/C16H20ClNO2S/c1-3-4-5-6-9-18-16(19)15-14(17)12-10-11(20-2)7-8-13(12)21-15/h7-8,10H,3-6,9H2,1-2H3,(H,18,19). The Kier molecular flexibility index (Phi) is 5.88. The van der Waals surface area contributed by atoms with E-state index in [2.05, 4.69) is 12.2 Å². The van der Waals surface area contributed by atoms with Gasteiger partial charge in [-0.25, -0.2) is 0 Å². The number of hydrogen-bond donors (Lipinski definition) is 1. The van der Waals surface area contributed by atoms with E-state index in [0.29, 0.717) is 16.4 Å². The Morgan fingerprint density at radius 1 is 1.33 bits per heavy atom. The smallest absolute Gasteiger partial charge is 0.262 e. The number of halogens is 1. The largest absolute Gasteiger partial charge is 0.497 e. The van der Waals surface area contributed by atoms with Gasteiger partial charge in [-0.3, -0.25) is 4.79 Å².